The number of halogens is 3. The lowest BCUT2D eigenvalue weighted by Gasteiger charge is -2.50. The molecule has 4 amide bonds. The van der Waals surface area contributed by atoms with Crippen molar-refractivity contribution in [2.45, 2.75) is 35.1 Å². The highest BCUT2D eigenvalue weighted by molar-refractivity contribution is 8.00. The number of nitrogens with one attached hydrogen (secondary N) is 3. The monoisotopic (exact) mass is 771 g/mol. The minimum atomic E-state index is -1.42. The molecular weight excluding hydrogens is 744 g/mol. The quantitative estimate of drug-likeness (QED) is 0.0795. The molecule has 3 aromatic rings. The Kier molecular flexibility index (Phi) is 10.9. The number of hydrogen-bond donors (Lipinski definition) is 5. The Morgan fingerprint density at radius 2 is 1.80 bits per heavy atom. The summed E-state index contributed by atoms with van der Waals surface area (Å²) in [7, 11) is 0. The predicted octanol–water partition coefficient (Wildman–Crippen LogP) is 4.69. The molecular formula is C34H28Cl2FN5O7S2. The number of aliphatic carboxylic acids is 1. The van der Waals surface area contributed by atoms with Gasteiger partial charge in [-0.1, -0.05) is 23.2 Å². The van der Waals surface area contributed by atoms with Gasteiger partial charge in [0, 0.05) is 69.3 Å². The summed E-state index contributed by atoms with van der Waals surface area (Å²) in [6, 6.07) is 10.5. The molecule has 5 N–H and O–H groups in total. The highest BCUT2D eigenvalue weighted by atomic mass is 35.5. The van der Waals surface area contributed by atoms with Crippen molar-refractivity contribution in [2.24, 2.45) is 0 Å². The lowest BCUT2D eigenvalue weighted by atomic mass is 9.80. The number of thioether (sulfide) groups is 2. The number of carboxylic acid groups (broad SMARTS) is 1. The number of benzene rings is 2. The molecule has 2 saturated heterocycles. The van der Waals surface area contributed by atoms with Gasteiger partial charge in [-0.15, -0.1) is 23.5 Å². The van der Waals surface area contributed by atoms with Gasteiger partial charge in [0.05, 0.1) is 5.75 Å². The molecule has 1 aromatic heterocycles. The first-order chi connectivity index (χ1) is 24.4. The fourth-order valence-electron chi connectivity index (χ4n) is 6.15. The highest BCUT2D eigenvalue weighted by Crippen LogP contribution is 2.47. The van der Waals surface area contributed by atoms with Gasteiger partial charge < -0.3 is 26.2 Å². The number of amides is 4. The van der Waals surface area contributed by atoms with Crippen LogP contribution in [0.1, 0.15) is 24.3 Å². The number of aromatic hydroxyl groups is 1. The van der Waals surface area contributed by atoms with Gasteiger partial charge in [-0.3, -0.25) is 29.1 Å². The summed E-state index contributed by atoms with van der Waals surface area (Å²) in [5.74, 6) is -5.97. The molecule has 2 aromatic carbocycles. The number of rotatable bonds is 11. The summed E-state index contributed by atoms with van der Waals surface area (Å²) in [4.78, 5) is 72.0. The maximum atomic E-state index is 14.0. The molecule has 2 fully saturated rings. The zero-order valence-corrected chi connectivity index (χ0v) is 29.5. The number of phenols is 1. The number of hydrogen-bond acceptors (Lipinski definition) is 9. The number of anilines is 1. The Labute approximate surface area is 308 Å². The van der Waals surface area contributed by atoms with E-state index in [4.69, 9.17) is 23.2 Å². The second-order valence-electron chi connectivity index (χ2n) is 11.6. The van der Waals surface area contributed by atoms with Crippen molar-refractivity contribution in [2.75, 3.05) is 23.4 Å². The van der Waals surface area contributed by atoms with Crippen LogP contribution in [0, 0.1) is 5.82 Å². The first-order valence-electron chi connectivity index (χ1n) is 15.4. The van der Waals surface area contributed by atoms with Gasteiger partial charge in [-0.05, 0) is 65.6 Å². The largest absolute Gasteiger partial charge is 0.505 e. The number of β-lactam (4-membered cyclic amide) rings is 1. The topological polar surface area (TPSA) is 178 Å². The number of pyridine rings is 1. The van der Waals surface area contributed by atoms with E-state index < -0.39 is 58.5 Å². The molecule has 0 radical (unpaired) electrons. The molecule has 0 aliphatic carbocycles. The first-order valence-corrected chi connectivity index (χ1v) is 18.2. The van der Waals surface area contributed by atoms with Crippen molar-refractivity contribution in [1.29, 1.82) is 0 Å². The van der Waals surface area contributed by atoms with Gasteiger partial charge in [-0.2, -0.15) is 0 Å². The maximum Gasteiger partial charge on any atom is 0.352 e. The molecule has 264 valence electrons. The number of carbonyl (C=O) groups excluding carboxylic acids is 4. The summed E-state index contributed by atoms with van der Waals surface area (Å²) < 4.78 is 14.0. The van der Waals surface area contributed by atoms with Crippen LogP contribution in [0.4, 0.5) is 10.1 Å². The lowest BCUT2D eigenvalue weighted by Crippen LogP contribution is -2.70. The number of nitrogens with zero attached hydrogens (tertiary/aromatic N) is 2. The van der Waals surface area contributed by atoms with Crippen LogP contribution in [-0.2, 0) is 24.0 Å². The smallest absolute Gasteiger partial charge is 0.352 e. The normalized spacial score (nSPS) is 19.9. The Bertz CT molecular complexity index is 2000. The van der Waals surface area contributed by atoms with Crippen LogP contribution in [0.5, 0.6) is 5.75 Å². The van der Waals surface area contributed by atoms with Crippen molar-refractivity contribution in [3.05, 3.63) is 105 Å². The molecule has 17 heteroatoms. The number of fused-ring (bicyclic) bond motifs is 1. The van der Waals surface area contributed by atoms with Crippen molar-refractivity contribution < 1.29 is 38.6 Å². The van der Waals surface area contributed by atoms with Crippen molar-refractivity contribution in [1.82, 2.24) is 20.5 Å². The van der Waals surface area contributed by atoms with Crippen LogP contribution in [0.25, 0.3) is 0 Å². The number of phenolic OH excluding ortho intramolecular Hbond substituents is 1. The third kappa shape index (κ3) is 7.86. The summed E-state index contributed by atoms with van der Waals surface area (Å²) in [6.07, 6.45) is 2.92. The lowest BCUT2D eigenvalue weighted by molar-refractivity contribution is -0.150. The summed E-state index contributed by atoms with van der Waals surface area (Å²) in [6.45, 7) is 0.279. The number of allylic oxidation sites excluding steroid dienone is 1. The minimum Gasteiger partial charge on any atom is -0.505 e. The van der Waals surface area contributed by atoms with Gasteiger partial charge in [0.25, 0.3) is 5.91 Å². The molecule has 3 atom stereocenters. The third-order valence-electron chi connectivity index (χ3n) is 8.36. The average molecular weight is 773 g/mol. The molecule has 0 bridgehead atoms. The molecule has 3 aliphatic heterocycles. The van der Waals surface area contributed by atoms with Crippen LogP contribution in [0.15, 0.2) is 88.2 Å². The number of aromatic nitrogens is 1. The molecule has 4 heterocycles. The van der Waals surface area contributed by atoms with E-state index in [9.17, 15) is 38.6 Å². The zero-order chi connectivity index (χ0) is 36.4. The van der Waals surface area contributed by atoms with Gasteiger partial charge in [0.2, 0.25) is 17.7 Å². The van der Waals surface area contributed by atoms with Crippen molar-refractivity contribution >= 4 is 82.0 Å². The molecule has 3 aliphatic rings. The molecule has 6 rings (SSSR count). The van der Waals surface area contributed by atoms with Gasteiger partial charge in [0.15, 0.2) is 11.6 Å². The van der Waals surface area contributed by atoms with E-state index >= 15 is 0 Å². The Balaban J connectivity index is 1.31. The Hall–Kier alpha value is -4.57. The van der Waals surface area contributed by atoms with Gasteiger partial charge >= 0.3 is 5.97 Å². The highest BCUT2D eigenvalue weighted by Gasteiger charge is 2.55. The first kappa shape index (κ1) is 36.2. The molecule has 0 saturated carbocycles. The molecule has 0 spiro atoms. The average Bonchev–Trinajstić information content (AvgIpc) is 3.52. The summed E-state index contributed by atoms with van der Waals surface area (Å²) in [5.41, 5.74) is 1.01. The standard InChI is InChI=1S/C34H28Cl2FN5O7S2/c35-17-9-18(36)11-20(10-17)50-15-27(45)41-29-32(47)42-30(34(48)49)23(14-51-33(29)42)28(21-5-8-39-31(21)46)22(16-3-6-38-7-4-16)13-26(44)40-19-1-2-25(43)24(37)12-19/h1-4,6-7,9-12,22,29,33,43H,5,8,13-15H2,(H,39,46)(H,40,44)(H,41,45)(H,48,49)/t22?,29-,33-/m1/s1. The third-order valence-corrected chi connectivity index (χ3v) is 11.0. The predicted molar refractivity (Wildman–Crippen MR) is 190 cm³/mol. The molecule has 1 unspecified atom stereocenters. The van der Waals surface area contributed by atoms with Crippen LogP contribution < -0.4 is 16.0 Å². The zero-order valence-electron chi connectivity index (χ0n) is 26.3. The van der Waals surface area contributed by atoms with E-state index in [2.05, 4.69) is 20.9 Å². The van der Waals surface area contributed by atoms with E-state index in [-0.39, 0.29) is 59.0 Å². The Morgan fingerprint density at radius 1 is 1.08 bits per heavy atom. The number of carboxylic acids is 1. The van der Waals surface area contributed by atoms with Crippen molar-refractivity contribution in [3.63, 3.8) is 0 Å². The maximum absolute atomic E-state index is 14.0. The fraction of sp³-hybridized carbons (Fsp3) is 0.235. The van der Waals surface area contributed by atoms with E-state index in [1.807, 2.05) is 0 Å². The van der Waals surface area contributed by atoms with E-state index in [1.54, 1.807) is 30.3 Å². The minimum absolute atomic E-state index is 0.0384. The van der Waals surface area contributed by atoms with Crippen LogP contribution in [0.3, 0.4) is 0 Å². The summed E-state index contributed by atoms with van der Waals surface area (Å²) in [5, 5.41) is 28.3. The van der Waals surface area contributed by atoms with E-state index in [0.717, 1.165) is 17.0 Å². The Morgan fingerprint density at radius 3 is 2.45 bits per heavy atom. The molecule has 51 heavy (non-hydrogen) atoms. The second kappa shape index (κ2) is 15.4. The van der Waals surface area contributed by atoms with E-state index in [1.165, 1.54) is 42.0 Å². The van der Waals surface area contributed by atoms with Gasteiger partial charge in [0.1, 0.15) is 17.1 Å². The number of carbonyl (C=O) groups is 5. The van der Waals surface area contributed by atoms with Crippen LogP contribution in [-0.4, -0.2) is 79.2 Å². The summed E-state index contributed by atoms with van der Waals surface area (Å²) >= 11 is 14.5. The second-order valence-corrected chi connectivity index (χ2v) is 14.7. The van der Waals surface area contributed by atoms with Crippen LogP contribution >= 0.6 is 46.7 Å². The van der Waals surface area contributed by atoms with Crippen LogP contribution in [0.2, 0.25) is 10.0 Å². The van der Waals surface area contributed by atoms with Crippen molar-refractivity contribution in [3.8, 4) is 5.75 Å². The van der Waals surface area contributed by atoms with Gasteiger partial charge in [-0.25, -0.2) is 9.18 Å². The fourth-order valence-corrected chi connectivity index (χ4v) is 8.97. The van der Waals surface area contributed by atoms with E-state index in [0.29, 0.717) is 20.5 Å². The molecule has 12 nitrogen and oxygen atoms in total. The SMILES string of the molecule is O=C(CC(C(=C1CCNC1=O)C1=C(C(=O)O)N2C(=O)[C@@H](NC(=O)CSc3cc(Cl)cc(Cl)c3)[C@H]2SC1)c1ccncc1)Nc1ccc(O)c(F)c1.